The highest BCUT2D eigenvalue weighted by Gasteiger charge is 2.30. The van der Waals surface area contributed by atoms with E-state index < -0.39 is 32.5 Å². The molecule has 0 aliphatic carbocycles. The van der Waals surface area contributed by atoms with E-state index in [0.29, 0.717) is 11.4 Å². The van der Waals surface area contributed by atoms with Crippen LogP contribution in [0.2, 0.25) is 0 Å². The van der Waals surface area contributed by atoms with Crippen molar-refractivity contribution in [2.45, 2.75) is 24.2 Å². The zero-order valence-electron chi connectivity index (χ0n) is 17.5. The summed E-state index contributed by atoms with van der Waals surface area (Å²) >= 11 is 0. The Balaban J connectivity index is 1.61. The summed E-state index contributed by atoms with van der Waals surface area (Å²) in [6, 6.07) is 7.38. The second-order valence-corrected chi connectivity index (χ2v) is 9.73. The van der Waals surface area contributed by atoms with Gasteiger partial charge in [0.15, 0.2) is 0 Å². The van der Waals surface area contributed by atoms with Gasteiger partial charge in [-0.05, 0) is 55.7 Å². The van der Waals surface area contributed by atoms with Crippen molar-refractivity contribution in [2.24, 2.45) is 0 Å². The zero-order valence-corrected chi connectivity index (χ0v) is 18.3. The highest BCUT2D eigenvalue weighted by atomic mass is 32.2. The van der Waals surface area contributed by atoms with Crippen LogP contribution in [0.25, 0.3) is 0 Å². The molecule has 2 aliphatic rings. The number of nitrogens with zero attached hydrogens (tertiary/aromatic N) is 2. The second-order valence-electron chi connectivity index (χ2n) is 7.82. The number of piperidine rings is 1. The maximum Gasteiger partial charge on any atom is 0.255 e. The number of rotatable bonds is 5. The first-order chi connectivity index (χ1) is 15.4. The first-order valence-electron chi connectivity index (χ1n) is 10.6. The van der Waals surface area contributed by atoms with E-state index in [-0.39, 0.29) is 31.9 Å². The number of carbonyl (C=O) groups excluding carboxylic acids is 1. The Kier molecular flexibility index (Phi) is 6.73. The molecule has 7 nitrogen and oxygen atoms in total. The van der Waals surface area contributed by atoms with Gasteiger partial charge in [-0.3, -0.25) is 4.79 Å². The lowest BCUT2D eigenvalue weighted by Crippen LogP contribution is -2.41. The molecule has 2 aromatic rings. The first-order valence-corrected chi connectivity index (χ1v) is 12.0. The van der Waals surface area contributed by atoms with Crippen molar-refractivity contribution in [1.29, 1.82) is 0 Å². The van der Waals surface area contributed by atoms with Crippen LogP contribution in [0.5, 0.6) is 0 Å². The number of amides is 1. The number of halogens is 2. The van der Waals surface area contributed by atoms with Gasteiger partial charge in [0.1, 0.15) is 16.5 Å². The maximum absolute atomic E-state index is 14.4. The smallest absolute Gasteiger partial charge is 0.255 e. The van der Waals surface area contributed by atoms with Crippen LogP contribution >= 0.6 is 0 Å². The van der Waals surface area contributed by atoms with E-state index in [1.165, 1.54) is 18.2 Å². The van der Waals surface area contributed by atoms with Crippen molar-refractivity contribution in [3.8, 4) is 0 Å². The third-order valence-electron chi connectivity index (χ3n) is 5.68. The molecule has 0 spiro atoms. The van der Waals surface area contributed by atoms with E-state index >= 15 is 0 Å². The largest absolute Gasteiger partial charge is 0.379 e. The number of ether oxygens (including phenoxy) is 1. The SMILES string of the molecule is O=C(Nc1cc(F)ccc1N1CCCCC1)c1ccc(F)c(S(=O)(=O)N2CCOCC2)c1. The van der Waals surface area contributed by atoms with Crippen molar-refractivity contribution >= 4 is 27.3 Å². The summed E-state index contributed by atoms with van der Waals surface area (Å²) in [5.74, 6) is -2.09. The van der Waals surface area contributed by atoms with E-state index in [9.17, 15) is 22.0 Å². The van der Waals surface area contributed by atoms with Crippen LogP contribution < -0.4 is 10.2 Å². The fraction of sp³-hybridized carbons (Fsp3) is 0.409. The standard InChI is InChI=1S/C22H25F2N3O4S/c23-17-5-7-20(26-8-2-1-3-9-26)19(15-17)25-22(28)16-4-6-18(24)21(14-16)32(29,30)27-10-12-31-13-11-27/h4-7,14-15H,1-3,8-13H2,(H,25,28). The summed E-state index contributed by atoms with van der Waals surface area (Å²) in [5.41, 5.74) is 0.952. The van der Waals surface area contributed by atoms with Crippen LogP contribution in [0.3, 0.4) is 0 Å². The summed E-state index contributed by atoms with van der Waals surface area (Å²) in [6.07, 6.45) is 3.13. The maximum atomic E-state index is 14.4. The van der Waals surface area contributed by atoms with Crippen molar-refractivity contribution < 1.29 is 26.7 Å². The van der Waals surface area contributed by atoms with Crippen molar-refractivity contribution in [3.05, 3.63) is 53.6 Å². The fourth-order valence-corrected chi connectivity index (χ4v) is 5.48. The third-order valence-corrected chi connectivity index (χ3v) is 7.60. The topological polar surface area (TPSA) is 79.0 Å². The Morgan fingerprint density at radius 2 is 1.66 bits per heavy atom. The van der Waals surface area contributed by atoms with Gasteiger partial charge in [-0.15, -0.1) is 0 Å². The number of morpholine rings is 1. The molecule has 32 heavy (non-hydrogen) atoms. The number of nitrogens with one attached hydrogen (secondary N) is 1. The molecule has 2 fully saturated rings. The summed E-state index contributed by atoms with van der Waals surface area (Å²) in [6.45, 7) is 2.26. The monoisotopic (exact) mass is 465 g/mol. The lowest BCUT2D eigenvalue weighted by atomic mass is 10.1. The number of sulfonamides is 1. The van der Waals surface area contributed by atoms with E-state index in [2.05, 4.69) is 10.2 Å². The Hall–Kier alpha value is -2.56. The molecule has 0 unspecified atom stereocenters. The number of hydrogen-bond acceptors (Lipinski definition) is 5. The number of carbonyl (C=O) groups is 1. The Morgan fingerprint density at radius 1 is 0.938 bits per heavy atom. The minimum absolute atomic E-state index is 0.0351. The lowest BCUT2D eigenvalue weighted by molar-refractivity contribution is 0.0729. The van der Waals surface area contributed by atoms with Gasteiger partial charge in [0.25, 0.3) is 5.91 Å². The van der Waals surface area contributed by atoms with Crippen LogP contribution in [-0.2, 0) is 14.8 Å². The molecule has 2 aromatic carbocycles. The van der Waals surface area contributed by atoms with Crippen molar-refractivity contribution in [3.63, 3.8) is 0 Å². The lowest BCUT2D eigenvalue weighted by Gasteiger charge is -2.30. The third kappa shape index (κ3) is 4.77. The van der Waals surface area contributed by atoms with Crippen LogP contribution in [0.4, 0.5) is 20.2 Å². The molecule has 4 rings (SSSR count). The average Bonchev–Trinajstić information content (AvgIpc) is 2.80. The van der Waals surface area contributed by atoms with Crippen molar-refractivity contribution in [2.75, 3.05) is 49.6 Å². The molecule has 0 radical (unpaired) electrons. The average molecular weight is 466 g/mol. The van der Waals surface area contributed by atoms with Gasteiger partial charge in [0, 0.05) is 31.7 Å². The Labute approximate surface area is 186 Å². The number of anilines is 2. The van der Waals surface area contributed by atoms with Gasteiger partial charge in [-0.1, -0.05) is 0 Å². The normalized spacial score (nSPS) is 17.9. The van der Waals surface area contributed by atoms with Crippen LogP contribution in [-0.4, -0.2) is 58.0 Å². The molecule has 1 amide bonds. The Bertz CT molecular complexity index is 1100. The van der Waals surface area contributed by atoms with E-state index in [4.69, 9.17) is 4.74 Å². The van der Waals surface area contributed by atoms with Crippen LogP contribution in [0.15, 0.2) is 41.3 Å². The molecule has 0 aromatic heterocycles. The van der Waals surface area contributed by atoms with E-state index in [1.807, 2.05) is 0 Å². The molecule has 1 N–H and O–H groups in total. The van der Waals surface area contributed by atoms with Gasteiger partial charge >= 0.3 is 0 Å². The van der Waals surface area contributed by atoms with Gasteiger partial charge < -0.3 is 15.0 Å². The molecular weight excluding hydrogens is 440 g/mol. The first kappa shape index (κ1) is 22.6. The predicted octanol–water partition coefficient (Wildman–Crippen LogP) is 3.23. The molecular formula is C22H25F2N3O4S. The molecule has 0 saturated carbocycles. The molecule has 10 heteroatoms. The molecule has 0 atom stereocenters. The van der Waals surface area contributed by atoms with Crippen LogP contribution in [0, 0.1) is 11.6 Å². The minimum Gasteiger partial charge on any atom is -0.379 e. The van der Waals surface area contributed by atoms with Gasteiger partial charge in [0.2, 0.25) is 10.0 Å². The van der Waals surface area contributed by atoms with E-state index in [0.717, 1.165) is 48.8 Å². The van der Waals surface area contributed by atoms with E-state index in [1.54, 1.807) is 6.07 Å². The molecule has 172 valence electrons. The van der Waals surface area contributed by atoms with Gasteiger partial charge in [-0.25, -0.2) is 17.2 Å². The quantitative estimate of drug-likeness (QED) is 0.734. The van der Waals surface area contributed by atoms with Crippen LogP contribution in [0.1, 0.15) is 29.6 Å². The van der Waals surface area contributed by atoms with Gasteiger partial charge in [-0.2, -0.15) is 4.31 Å². The second kappa shape index (κ2) is 9.51. The summed E-state index contributed by atoms with van der Waals surface area (Å²) in [7, 11) is -4.12. The molecule has 2 saturated heterocycles. The Morgan fingerprint density at radius 3 is 2.38 bits per heavy atom. The number of benzene rings is 2. The molecule has 0 bridgehead atoms. The van der Waals surface area contributed by atoms with Gasteiger partial charge in [0.05, 0.1) is 24.6 Å². The number of hydrogen-bond donors (Lipinski definition) is 1. The minimum atomic E-state index is -4.12. The molecule has 2 heterocycles. The van der Waals surface area contributed by atoms with Crippen molar-refractivity contribution in [1.82, 2.24) is 4.31 Å². The fourth-order valence-electron chi connectivity index (χ4n) is 3.98. The summed E-state index contributed by atoms with van der Waals surface area (Å²) in [4.78, 5) is 14.4. The predicted molar refractivity (Wildman–Crippen MR) is 116 cm³/mol. The molecule has 2 aliphatic heterocycles. The highest BCUT2D eigenvalue weighted by molar-refractivity contribution is 7.89. The zero-order chi connectivity index (χ0) is 22.7. The summed E-state index contributed by atoms with van der Waals surface area (Å²) < 4.78 is 60.5. The summed E-state index contributed by atoms with van der Waals surface area (Å²) in [5, 5.41) is 2.67. The highest BCUT2D eigenvalue weighted by Crippen LogP contribution is 2.30.